The van der Waals surface area contributed by atoms with Crippen LogP contribution in [0.2, 0.25) is 0 Å². The Hall–Kier alpha value is -2.54. The Kier molecular flexibility index (Phi) is 3.45. The molecule has 0 bridgehead atoms. The average molecular weight is 313 g/mol. The maximum absolute atomic E-state index is 4.11. The molecule has 1 heterocycles. The fraction of sp³-hybridized carbons (Fsp3) is 0.217. The van der Waals surface area contributed by atoms with Crippen molar-refractivity contribution < 1.29 is 0 Å². The molecule has 2 aliphatic carbocycles. The van der Waals surface area contributed by atoms with Gasteiger partial charge >= 0.3 is 0 Å². The Balaban J connectivity index is 1.92. The Morgan fingerprint density at radius 2 is 1.83 bits per heavy atom. The molecule has 0 aromatic heterocycles. The monoisotopic (exact) mass is 313 g/mol. The second-order valence-electron chi connectivity index (χ2n) is 7.19. The van der Waals surface area contributed by atoms with Crippen LogP contribution < -0.4 is 5.32 Å². The van der Waals surface area contributed by atoms with Crippen LogP contribution in [0, 0.1) is 0 Å². The SMILES string of the molecule is C=C1/C=C\C=C/Cc2cc3c(cc2N1)C(C)(C)C1=C3C=CCC=C1. The molecule has 1 nitrogen and oxygen atoms in total. The van der Waals surface area contributed by atoms with Gasteiger partial charge in [0.25, 0.3) is 0 Å². The second-order valence-corrected chi connectivity index (χ2v) is 7.19. The van der Waals surface area contributed by atoms with Crippen molar-refractivity contribution in [2.24, 2.45) is 0 Å². The molecule has 0 atom stereocenters. The van der Waals surface area contributed by atoms with Gasteiger partial charge in [-0.2, -0.15) is 0 Å². The highest BCUT2D eigenvalue weighted by molar-refractivity contribution is 5.89. The summed E-state index contributed by atoms with van der Waals surface area (Å²) < 4.78 is 0. The van der Waals surface area contributed by atoms with Crippen LogP contribution in [-0.4, -0.2) is 0 Å². The molecule has 0 fully saturated rings. The van der Waals surface area contributed by atoms with Crippen LogP contribution in [-0.2, 0) is 11.8 Å². The van der Waals surface area contributed by atoms with Gasteiger partial charge in [0.1, 0.15) is 0 Å². The number of benzene rings is 1. The van der Waals surface area contributed by atoms with Gasteiger partial charge in [-0.15, -0.1) is 0 Å². The van der Waals surface area contributed by atoms with Crippen molar-refractivity contribution in [2.45, 2.75) is 32.1 Å². The first kappa shape index (κ1) is 15.0. The maximum atomic E-state index is 4.11. The van der Waals surface area contributed by atoms with Gasteiger partial charge < -0.3 is 5.32 Å². The quantitative estimate of drug-likeness (QED) is 0.634. The molecule has 1 N–H and O–H groups in total. The molecule has 0 saturated heterocycles. The highest BCUT2D eigenvalue weighted by Gasteiger charge is 2.36. The lowest BCUT2D eigenvalue weighted by Crippen LogP contribution is -2.17. The third-order valence-electron chi connectivity index (χ3n) is 5.19. The first-order valence-corrected chi connectivity index (χ1v) is 8.62. The van der Waals surface area contributed by atoms with E-state index in [2.05, 4.69) is 74.3 Å². The molecule has 120 valence electrons. The second kappa shape index (κ2) is 5.52. The molecule has 0 amide bonds. The summed E-state index contributed by atoms with van der Waals surface area (Å²) in [6, 6.07) is 4.70. The number of nitrogens with one attached hydrogen (secondary N) is 1. The summed E-state index contributed by atoms with van der Waals surface area (Å²) in [6.07, 6.45) is 19.4. The zero-order chi connectivity index (χ0) is 16.7. The number of hydrogen-bond acceptors (Lipinski definition) is 1. The van der Waals surface area contributed by atoms with Crippen LogP contribution in [0.1, 0.15) is 37.0 Å². The van der Waals surface area contributed by atoms with Crippen LogP contribution in [0.5, 0.6) is 0 Å². The van der Waals surface area contributed by atoms with Crippen LogP contribution in [0.3, 0.4) is 0 Å². The lowest BCUT2D eigenvalue weighted by atomic mass is 9.80. The topological polar surface area (TPSA) is 12.0 Å². The maximum Gasteiger partial charge on any atom is 0.0423 e. The van der Waals surface area contributed by atoms with E-state index in [4.69, 9.17) is 0 Å². The predicted octanol–water partition coefficient (Wildman–Crippen LogP) is 5.84. The molecular weight excluding hydrogens is 290 g/mol. The Labute approximate surface area is 144 Å². The molecular formula is C23H23N. The summed E-state index contributed by atoms with van der Waals surface area (Å²) in [5.74, 6) is 0. The van der Waals surface area contributed by atoms with Crippen LogP contribution in [0.4, 0.5) is 5.69 Å². The van der Waals surface area contributed by atoms with E-state index in [1.54, 1.807) is 0 Å². The van der Waals surface area contributed by atoms with Crippen molar-refractivity contribution in [1.82, 2.24) is 0 Å². The molecule has 3 aliphatic rings. The van der Waals surface area contributed by atoms with Gasteiger partial charge in [0, 0.05) is 16.8 Å². The zero-order valence-electron chi connectivity index (χ0n) is 14.4. The highest BCUT2D eigenvalue weighted by Crippen LogP contribution is 2.49. The van der Waals surface area contributed by atoms with E-state index in [9.17, 15) is 0 Å². The van der Waals surface area contributed by atoms with Crippen LogP contribution in [0.25, 0.3) is 5.57 Å². The Bertz CT molecular complexity index is 870. The van der Waals surface area contributed by atoms with E-state index < -0.39 is 0 Å². The zero-order valence-corrected chi connectivity index (χ0v) is 14.4. The van der Waals surface area contributed by atoms with E-state index in [-0.39, 0.29) is 5.41 Å². The summed E-state index contributed by atoms with van der Waals surface area (Å²) in [6.45, 7) is 8.76. The summed E-state index contributed by atoms with van der Waals surface area (Å²) >= 11 is 0. The van der Waals surface area contributed by atoms with E-state index in [1.165, 1.54) is 33.5 Å². The first-order valence-electron chi connectivity index (χ1n) is 8.62. The molecule has 0 saturated carbocycles. The Morgan fingerprint density at radius 3 is 2.71 bits per heavy atom. The molecule has 0 unspecified atom stereocenters. The summed E-state index contributed by atoms with van der Waals surface area (Å²) in [7, 11) is 0. The highest BCUT2D eigenvalue weighted by atomic mass is 14.9. The fourth-order valence-corrected chi connectivity index (χ4v) is 3.88. The normalized spacial score (nSPS) is 23.2. The van der Waals surface area contributed by atoms with Gasteiger partial charge in [-0.1, -0.05) is 63.0 Å². The molecule has 0 radical (unpaired) electrons. The van der Waals surface area contributed by atoms with Crippen molar-refractivity contribution in [3.8, 4) is 0 Å². The van der Waals surface area contributed by atoms with Gasteiger partial charge in [-0.25, -0.2) is 0 Å². The third kappa shape index (κ3) is 2.32. The number of fused-ring (bicyclic) bond motifs is 3. The van der Waals surface area contributed by atoms with E-state index >= 15 is 0 Å². The van der Waals surface area contributed by atoms with Crippen molar-refractivity contribution >= 4 is 11.3 Å². The molecule has 1 aromatic carbocycles. The van der Waals surface area contributed by atoms with E-state index in [1.807, 2.05) is 12.2 Å². The number of rotatable bonds is 0. The molecule has 1 heteroatoms. The van der Waals surface area contributed by atoms with Crippen LogP contribution >= 0.6 is 0 Å². The van der Waals surface area contributed by atoms with Crippen LogP contribution in [0.15, 0.2) is 78.6 Å². The lowest BCUT2D eigenvalue weighted by molar-refractivity contribution is 0.654. The van der Waals surface area contributed by atoms with Gasteiger partial charge in [0.15, 0.2) is 0 Å². The predicted molar refractivity (Wildman–Crippen MR) is 104 cm³/mol. The number of hydrogen-bond donors (Lipinski definition) is 1. The summed E-state index contributed by atoms with van der Waals surface area (Å²) in [4.78, 5) is 0. The molecule has 4 rings (SSSR count). The third-order valence-corrected chi connectivity index (χ3v) is 5.19. The minimum atomic E-state index is 0.0258. The van der Waals surface area contributed by atoms with E-state index in [0.717, 1.165) is 18.5 Å². The van der Waals surface area contributed by atoms with Gasteiger partial charge in [0.2, 0.25) is 0 Å². The number of anilines is 1. The largest absolute Gasteiger partial charge is 0.356 e. The first-order chi connectivity index (χ1) is 11.6. The summed E-state index contributed by atoms with van der Waals surface area (Å²) in [5, 5.41) is 3.49. The van der Waals surface area contributed by atoms with Gasteiger partial charge in [-0.05, 0) is 58.9 Å². The minimum absolute atomic E-state index is 0.0258. The van der Waals surface area contributed by atoms with Crippen molar-refractivity contribution in [3.05, 3.63) is 95.3 Å². The fourth-order valence-electron chi connectivity index (χ4n) is 3.88. The summed E-state index contributed by atoms with van der Waals surface area (Å²) in [5.41, 5.74) is 9.03. The molecule has 1 aliphatic heterocycles. The van der Waals surface area contributed by atoms with Crippen molar-refractivity contribution in [1.29, 1.82) is 0 Å². The van der Waals surface area contributed by atoms with Gasteiger partial charge in [-0.3, -0.25) is 0 Å². The minimum Gasteiger partial charge on any atom is -0.356 e. The van der Waals surface area contributed by atoms with Gasteiger partial charge in [0.05, 0.1) is 0 Å². The van der Waals surface area contributed by atoms with E-state index in [0.29, 0.717) is 0 Å². The Morgan fingerprint density at radius 1 is 1.00 bits per heavy atom. The van der Waals surface area contributed by atoms with Crippen molar-refractivity contribution in [3.63, 3.8) is 0 Å². The standard InChI is InChI=1S/C23H23N/c1-16-10-6-4-7-11-17-14-19-18-12-8-5-9-13-20(18)23(2,3)21(19)15-22(17)24-16/h4,6-10,12-15,24H,1,5,11H2,2-3H3/b7-4-,10-6-. The van der Waals surface area contributed by atoms with Crippen molar-refractivity contribution in [2.75, 3.05) is 5.32 Å². The number of allylic oxidation sites excluding steroid dienone is 10. The lowest BCUT2D eigenvalue weighted by Gasteiger charge is -2.24. The average Bonchev–Trinajstić information content (AvgIpc) is 2.69. The molecule has 1 aromatic rings. The smallest absolute Gasteiger partial charge is 0.0423 e. The molecule has 0 spiro atoms. The molecule has 24 heavy (non-hydrogen) atoms.